The minimum Gasteiger partial charge on any atom is -0.368 e. The Kier molecular flexibility index (Phi) is 4.80. The fourth-order valence-electron chi connectivity index (χ4n) is 3.56. The van der Waals surface area contributed by atoms with Gasteiger partial charge in [-0.25, -0.2) is 9.66 Å². The quantitative estimate of drug-likeness (QED) is 0.638. The van der Waals surface area contributed by atoms with Crippen LogP contribution in [0.3, 0.4) is 0 Å². The Labute approximate surface area is 168 Å². The van der Waals surface area contributed by atoms with Gasteiger partial charge in [-0.15, -0.1) is 0 Å². The number of carbonyl (C=O) groups is 2. The minimum atomic E-state index is -0.493. The first-order valence-electron chi connectivity index (χ1n) is 9.53. The third-order valence-electron chi connectivity index (χ3n) is 5.30. The molecular weight excluding hydrogens is 366 g/mol. The number of nitrogens with two attached hydrogens (primary N) is 1. The van der Waals surface area contributed by atoms with Gasteiger partial charge >= 0.3 is 0 Å². The molecule has 0 saturated carbocycles. The van der Waals surface area contributed by atoms with E-state index in [0.29, 0.717) is 6.42 Å². The molecule has 148 valence electrons. The molecule has 7 nitrogen and oxygen atoms in total. The molecule has 1 atom stereocenters. The van der Waals surface area contributed by atoms with E-state index in [1.54, 1.807) is 0 Å². The van der Waals surface area contributed by atoms with Crippen molar-refractivity contribution in [1.82, 2.24) is 9.66 Å². The van der Waals surface area contributed by atoms with Crippen molar-refractivity contribution in [3.63, 3.8) is 0 Å². The zero-order chi connectivity index (χ0) is 20.5. The smallest absolute Gasteiger partial charge is 0.242 e. The van der Waals surface area contributed by atoms with Crippen molar-refractivity contribution in [3.8, 4) is 11.3 Å². The summed E-state index contributed by atoms with van der Waals surface area (Å²) in [6.45, 7) is 4.02. The van der Waals surface area contributed by atoms with Crippen LogP contribution in [-0.2, 0) is 16.0 Å². The predicted octanol–water partition coefficient (Wildman–Crippen LogP) is 3.02. The van der Waals surface area contributed by atoms with Crippen LogP contribution in [-0.4, -0.2) is 21.5 Å². The number of benzene rings is 2. The summed E-state index contributed by atoms with van der Waals surface area (Å²) in [5.74, 6) is -0.704. The molecule has 0 saturated heterocycles. The van der Waals surface area contributed by atoms with Crippen LogP contribution in [0.2, 0.25) is 0 Å². The lowest BCUT2D eigenvalue weighted by Crippen LogP contribution is -2.39. The molecule has 4 N–H and O–H groups in total. The molecule has 29 heavy (non-hydrogen) atoms. The fraction of sp³-hybridized carbons (Fsp3) is 0.227. The van der Waals surface area contributed by atoms with Crippen molar-refractivity contribution in [1.29, 1.82) is 0 Å². The number of amides is 2. The first kappa shape index (κ1) is 18.7. The fourth-order valence-corrected chi connectivity index (χ4v) is 3.56. The number of hydrogen-bond donors (Lipinski definition) is 3. The molecule has 2 aromatic carbocycles. The van der Waals surface area contributed by atoms with Gasteiger partial charge in [0.15, 0.2) is 0 Å². The van der Waals surface area contributed by atoms with Crippen LogP contribution in [0.4, 0.5) is 11.6 Å². The molecule has 0 radical (unpaired) electrons. The molecule has 2 heterocycles. The summed E-state index contributed by atoms with van der Waals surface area (Å²) in [7, 11) is 0. The Hall–Kier alpha value is -3.61. The lowest BCUT2D eigenvalue weighted by atomic mass is 9.94. The summed E-state index contributed by atoms with van der Waals surface area (Å²) in [5.41, 5.74) is 14.2. The topological polar surface area (TPSA) is 102 Å². The number of carbonyl (C=O) groups excluding carboxylic acids is 2. The number of aryl methyl sites for hydroxylation is 2. The van der Waals surface area contributed by atoms with E-state index < -0.39 is 5.92 Å². The second-order valence-corrected chi connectivity index (χ2v) is 7.40. The second-order valence-electron chi connectivity index (χ2n) is 7.40. The van der Waals surface area contributed by atoms with Crippen molar-refractivity contribution in [2.45, 2.75) is 26.7 Å². The van der Waals surface area contributed by atoms with Gasteiger partial charge in [0, 0.05) is 24.1 Å². The number of hydrogen-bond acceptors (Lipinski definition) is 4. The number of fused-ring (bicyclic) bond motifs is 1. The first-order valence-corrected chi connectivity index (χ1v) is 9.53. The Morgan fingerprint density at radius 3 is 2.69 bits per heavy atom. The third kappa shape index (κ3) is 3.71. The van der Waals surface area contributed by atoms with Crippen LogP contribution in [0.15, 0.2) is 48.5 Å². The maximum Gasteiger partial charge on any atom is 0.242 e. The first-order chi connectivity index (χ1) is 13.9. The molecule has 0 aliphatic carbocycles. The number of nitrogen functional groups attached to an aromatic ring is 1. The summed E-state index contributed by atoms with van der Waals surface area (Å²) in [5, 5.41) is 2.89. The lowest BCUT2D eigenvalue weighted by Gasteiger charge is -2.24. The number of aromatic nitrogens is 2. The average molecular weight is 389 g/mol. The SMILES string of the molecule is Cc1ccc(NC(=O)C[C@@H]2Cc3c(-c4ccccc4)nc(N)n3NC2=O)cc1C. The van der Waals surface area contributed by atoms with Gasteiger partial charge in [-0.1, -0.05) is 36.4 Å². The zero-order valence-corrected chi connectivity index (χ0v) is 16.4. The highest BCUT2D eigenvalue weighted by atomic mass is 16.2. The average Bonchev–Trinajstić information content (AvgIpc) is 3.01. The van der Waals surface area contributed by atoms with E-state index in [1.807, 2.05) is 62.4 Å². The number of anilines is 2. The third-order valence-corrected chi connectivity index (χ3v) is 5.30. The molecule has 7 heteroatoms. The van der Waals surface area contributed by atoms with Gasteiger partial charge in [-0.2, -0.15) is 0 Å². The minimum absolute atomic E-state index is 0.0814. The predicted molar refractivity (Wildman–Crippen MR) is 113 cm³/mol. The highest BCUT2D eigenvalue weighted by Crippen LogP contribution is 2.30. The summed E-state index contributed by atoms with van der Waals surface area (Å²) in [6.07, 6.45) is 0.471. The van der Waals surface area contributed by atoms with Crippen molar-refractivity contribution in [2.75, 3.05) is 16.5 Å². The summed E-state index contributed by atoms with van der Waals surface area (Å²) in [6, 6.07) is 15.4. The van der Waals surface area contributed by atoms with Gasteiger partial charge in [0.2, 0.25) is 17.8 Å². The molecule has 0 unspecified atom stereocenters. The van der Waals surface area contributed by atoms with Crippen LogP contribution in [0.5, 0.6) is 0 Å². The van der Waals surface area contributed by atoms with E-state index in [4.69, 9.17) is 5.73 Å². The van der Waals surface area contributed by atoms with Crippen LogP contribution < -0.4 is 16.5 Å². The van der Waals surface area contributed by atoms with Gasteiger partial charge < -0.3 is 11.1 Å². The monoisotopic (exact) mass is 389 g/mol. The molecule has 3 aromatic rings. The number of nitrogens with zero attached hydrogens (tertiary/aromatic N) is 2. The summed E-state index contributed by atoms with van der Waals surface area (Å²) < 4.78 is 1.52. The summed E-state index contributed by atoms with van der Waals surface area (Å²) in [4.78, 5) is 29.5. The van der Waals surface area contributed by atoms with Crippen LogP contribution in [0.1, 0.15) is 23.2 Å². The maximum atomic E-state index is 12.6. The van der Waals surface area contributed by atoms with Gasteiger partial charge in [0.05, 0.1) is 17.3 Å². The molecule has 1 aliphatic rings. The van der Waals surface area contributed by atoms with Crippen LogP contribution in [0, 0.1) is 19.8 Å². The molecule has 2 amide bonds. The van der Waals surface area contributed by atoms with E-state index >= 15 is 0 Å². The molecular formula is C22H23N5O2. The molecule has 1 aliphatic heterocycles. The van der Waals surface area contributed by atoms with Gasteiger partial charge in [0.25, 0.3) is 0 Å². The van der Waals surface area contributed by atoms with Crippen LogP contribution in [0.25, 0.3) is 11.3 Å². The zero-order valence-electron chi connectivity index (χ0n) is 16.4. The Morgan fingerprint density at radius 2 is 1.97 bits per heavy atom. The van der Waals surface area contributed by atoms with E-state index in [0.717, 1.165) is 33.8 Å². The second kappa shape index (κ2) is 7.43. The van der Waals surface area contributed by atoms with Crippen LogP contribution >= 0.6 is 0 Å². The molecule has 0 spiro atoms. The van der Waals surface area contributed by atoms with Gasteiger partial charge in [-0.05, 0) is 37.1 Å². The Morgan fingerprint density at radius 1 is 1.21 bits per heavy atom. The number of imidazole rings is 1. The highest BCUT2D eigenvalue weighted by molar-refractivity contribution is 5.97. The maximum absolute atomic E-state index is 12.6. The largest absolute Gasteiger partial charge is 0.368 e. The number of nitrogens with one attached hydrogen (secondary N) is 2. The Balaban J connectivity index is 1.53. The van der Waals surface area contributed by atoms with Crippen molar-refractivity contribution < 1.29 is 9.59 Å². The van der Waals surface area contributed by atoms with E-state index in [1.165, 1.54) is 4.68 Å². The van der Waals surface area contributed by atoms with Gasteiger partial charge in [-0.3, -0.25) is 15.0 Å². The van der Waals surface area contributed by atoms with E-state index in [9.17, 15) is 9.59 Å². The molecule has 0 bridgehead atoms. The highest BCUT2D eigenvalue weighted by Gasteiger charge is 2.32. The molecule has 1 aromatic heterocycles. The Bertz CT molecular complexity index is 1090. The van der Waals surface area contributed by atoms with Crippen molar-refractivity contribution >= 4 is 23.5 Å². The summed E-state index contributed by atoms with van der Waals surface area (Å²) >= 11 is 0. The van der Waals surface area contributed by atoms with Crippen molar-refractivity contribution in [2.24, 2.45) is 5.92 Å². The van der Waals surface area contributed by atoms with E-state index in [2.05, 4.69) is 15.7 Å². The standard InChI is InChI=1S/C22H23N5O2/c1-13-8-9-17(10-14(13)2)24-19(28)12-16-11-18-20(15-6-4-3-5-7-15)25-22(23)27(18)26-21(16)29/h3-10,16H,11-12H2,1-2H3,(H2,23,25)(H,24,28)(H,26,29)/t16-/m0/s1. The van der Waals surface area contributed by atoms with E-state index in [-0.39, 0.29) is 24.2 Å². The lowest BCUT2D eigenvalue weighted by molar-refractivity contribution is -0.126. The van der Waals surface area contributed by atoms with Gasteiger partial charge in [0.1, 0.15) is 0 Å². The van der Waals surface area contributed by atoms with Crippen molar-refractivity contribution in [3.05, 3.63) is 65.4 Å². The number of rotatable bonds is 4. The molecule has 0 fully saturated rings. The molecule has 4 rings (SSSR count). The normalized spacial score (nSPS) is 15.5.